The summed E-state index contributed by atoms with van der Waals surface area (Å²) in [7, 11) is 1.55. The summed E-state index contributed by atoms with van der Waals surface area (Å²) in [6.07, 6.45) is -0.166. The summed E-state index contributed by atoms with van der Waals surface area (Å²) in [5.41, 5.74) is 1.74. The fourth-order valence-corrected chi connectivity index (χ4v) is 3.89. The fraction of sp³-hybridized carbons (Fsp3) is 0.519. The van der Waals surface area contributed by atoms with E-state index in [0.717, 1.165) is 0 Å². The highest BCUT2D eigenvalue weighted by Gasteiger charge is 2.31. The van der Waals surface area contributed by atoms with Gasteiger partial charge in [0, 0.05) is 12.5 Å². The summed E-state index contributed by atoms with van der Waals surface area (Å²) in [5, 5.41) is 7.66. The van der Waals surface area contributed by atoms with Crippen LogP contribution in [0.1, 0.15) is 62.3 Å². The minimum absolute atomic E-state index is 0.0499. The Morgan fingerprint density at radius 2 is 1.79 bits per heavy atom. The van der Waals surface area contributed by atoms with Crippen molar-refractivity contribution in [1.82, 2.24) is 20.4 Å². The number of nitrogens with zero attached hydrogens (tertiary/aromatic N) is 2. The molecule has 2 aromatic rings. The molecule has 0 saturated carbocycles. The molecular weight excluding hydrogens is 492 g/mol. The zero-order valence-electron chi connectivity index (χ0n) is 24.1. The van der Waals surface area contributed by atoms with Crippen LogP contribution in [0.15, 0.2) is 24.3 Å². The number of aryl methyl sites for hydroxylation is 1. The van der Waals surface area contributed by atoms with Gasteiger partial charge in [-0.2, -0.15) is 5.10 Å². The predicted molar refractivity (Wildman–Crippen MR) is 140 cm³/mol. The molecule has 2 N–H and O–H groups in total. The average molecular weight is 532 g/mol. The predicted octanol–water partition coefficient (Wildman–Crippen LogP) is 2.64. The van der Waals surface area contributed by atoms with Crippen molar-refractivity contribution in [2.45, 2.75) is 66.5 Å². The lowest BCUT2D eigenvalue weighted by Crippen LogP contribution is -2.54. The molecule has 1 heterocycles. The number of esters is 2. The van der Waals surface area contributed by atoms with Gasteiger partial charge in [-0.3, -0.25) is 14.4 Å². The van der Waals surface area contributed by atoms with Crippen LogP contribution >= 0.6 is 0 Å². The van der Waals surface area contributed by atoms with E-state index in [0.29, 0.717) is 28.1 Å². The molecule has 208 valence electrons. The van der Waals surface area contributed by atoms with E-state index < -0.39 is 41.8 Å². The molecule has 0 aliphatic heterocycles. The first-order valence-electron chi connectivity index (χ1n) is 13.1. The minimum atomic E-state index is -1.24. The normalized spacial score (nSPS) is 12.8. The van der Waals surface area contributed by atoms with Crippen LogP contribution in [-0.4, -0.2) is 65.9 Å². The first-order valence-corrected chi connectivity index (χ1v) is 12.6. The van der Waals surface area contributed by atoms with Gasteiger partial charge in [0.1, 0.15) is 17.8 Å². The van der Waals surface area contributed by atoms with Crippen LogP contribution in [0, 0.1) is 19.8 Å². The second-order valence-corrected chi connectivity index (χ2v) is 8.94. The first kappa shape index (κ1) is 28.7. The number of rotatable bonds is 13. The number of hydrogen-bond donors (Lipinski definition) is 2. The molecule has 11 heteroatoms. The van der Waals surface area contributed by atoms with E-state index >= 15 is 0 Å². The lowest BCUT2D eigenvalue weighted by Gasteiger charge is -2.25. The van der Waals surface area contributed by atoms with E-state index in [1.807, 2.05) is 6.07 Å². The van der Waals surface area contributed by atoms with Gasteiger partial charge in [-0.25, -0.2) is 9.48 Å². The maximum atomic E-state index is 13.5. The molecule has 0 aliphatic carbocycles. The average Bonchev–Trinajstić information content (AvgIpc) is 3.19. The zero-order valence-corrected chi connectivity index (χ0v) is 23.1. The largest absolute Gasteiger partial charge is 0.497 e. The number of aromatic nitrogens is 2. The molecule has 1 aromatic carbocycles. The van der Waals surface area contributed by atoms with Crippen molar-refractivity contribution in [2.75, 3.05) is 20.3 Å². The third-order valence-corrected chi connectivity index (χ3v) is 5.79. The van der Waals surface area contributed by atoms with Crippen LogP contribution < -0.4 is 15.4 Å². The monoisotopic (exact) mass is 531 g/mol. The number of carbonyl (C=O) groups is 4. The number of nitrogens with one attached hydrogen (secondary N) is 2. The van der Waals surface area contributed by atoms with Crippen molar-refractivity contribution in [3.05, 3.63) is 41.2 Å². The molecule has 2 amide bonds. The van der Waals surface area contributed by atoms with E-state index in [1.165, 1.54) is 0 Å². The maximum absolute atomic E-state index is 13.5. The standard InChI is InChI=1S/C27H38N4O7/c1-8-37-22(32)14-13-21(27(35)38-9-2)28-26(34)24(16(3)4)29-25(33)23-17(5)30-31(18(23)6)19-11-10-12-20(15-19)36-7/h10-12,15-16,21,24H,8-9,13-14H2,1-7H3,(H,28,34)(H,29,33)/t21-,24-/m0/s1/i/hD. The van der Waals surface area contributed by atoms with E-state index in [-0.39, 0.29) is 31.6 Å². The third kappa shape index (κ3) is 7.80. The Labute approximate surface area is 224 Å². The van der Waals surface area contributed by atoms with Gasteiger partial charge in [0.05, 0.1) is 43.0 Å². The smallest absolute Gasteiger partial charge is 0.328 e. The number of ether oxygens (including phenoxy) is 3. The second kappa shape index (κ2) is 14.2. The maximum Gasteiger partial charge on any atom is 0.328 e. The van der Waals surface area contributed by atoms with Crippen LogP contribution in [0.5, 0.6) is 5.75 Å². The van der Waals surface area contributed by atoms with Gasteiger partial charge in [0.25, 0.3) is 5.91 Å². The molecule has 0 bridgehead atoms. The van der Waals surface area contributed by atoms with Crippen LogP contribution in [0.25, 0.3) is 5.69 Å². The van der Waals surface area contributed by atoms with E-state index in [4.69, 9.17) is 15.6 Å². The van der Waals surface area contributed by atoms with Gasteiger partial charge < -0.3 is 24.8 Å². The van der Waals surface area contributed by atoms with Gasteiger partial charge in [-0.05, 0) is 52.2 Å². The van der Waals surface area contributed by atoms with E-state index in [1.54, 1.807) is 71.5 Å². The third-order valence-electron chi connectivity index (χ3n) is 5.79. The van der Waals surface area contributed by atoms with Crippen LogP contribution in [0.3, 0.4) is 0 Å². The Kier molecular flexibility index (Phi) is 10.7. The van der Waals surface area contributed by atoms with Crippen molar-refractivity contribution < 1.29 is 34.8 Å². The van der Waals surface area contributed by atoms with Gasteiger partial charge in [0.2, 0.25) is 5.91 Å². The number of hydrogen-bond acceptors (Lipinski definition) is 8. The van der Waals surface area contributed by atoms with Gasteiger partial charge in [0.15, 0.2) is 1.41 Å². The summed E-state index contributed by atoms with van der Waals surface area (Å²) in [5.74, 6) is -2.53. The van der Waals surface area contributed by atoms with Crippen molar-refractivity contribution in [1.29, 1.82) is 0 Å². The first-order chi connectivity index (χ1) is 18.5. The number of benzene rings is 1. The summed E-state index contributed by atoms with van der Waals surface area (Å²) in [6.45, 7) is 10.3. The molecule has 0 spiro atoms. The van der Waals surface area contributed by atoms with Crippen LogP contribution in [0.2, 0.25) is 1.41 Å². The lowest BCUT2D eigenvalue weighted by atomic mass is 10.0. The summed E-state index contributed by atoms with van der Waals surface area (Å²) in [6, 6.07) is 4.77. The molecule has 1 aromatic heterocycles. The van der Waals surface area contributed by atoms with E-state index in [9.17, 15) is 19.2 Å². The SMILES string of the molecule is [2H]N(C(=O)c1c(C)nn(-c2cccc(OC)c2)c1C)[C@H](C(=O)N[C@@H](CCC(=O)OCC)C(=O)OCC)C(C)C. The second-order valence-electron chi connectivity index (χ2n) is 8.94. The number of amides is 2. The zero-order chi connectivity index (χ0) is 29.3. The van der Waals surface area contributed by atoms with Crippen molar-refractivity contribution >= 4 is 23.8 Å². The topological polar surface area (TPSA) is 138 Å². The highest BCUT2D eigenvalue weighted by atomic mass is 16.5. The van der Waals surface area contributed by atoms with Crippen molar-refractivity contribution in [3.8, 4) is 11.4 Å². The molecule has 0 radical (unpaired) electrons. The molecule has 2 atom stereocenters. The molecule has 2 rings (SSSR count). The fourth-order valence-electron chi connectivity index (χ4n) is 3.89. The molecule has 0 saturated heterocycles. The Bertz CT molecular complexity index is 1180. The molecular formula is C27H38N4O7. The Hall–Kier alpha value is -3.89. The molecule has 0 unspecified atom stereocenters. The highest BCUT2D eigenvalue weighted by Crippen LogP contribution is 2.21. The Balaban J connectivity index is 2.32. The van der Waals surface area contributed by atoms with Crippen molar-refractivity contribution in [3.63, 3.8) is 0 Å². The van der Waals surface area contributed by atoms with Crippen LogP contribution in [0.4, 0.5) is 0 Å². The quantitative estimate of drug-likeness (QED) is 0.376. The van der Waals surface area contributed by atoms with E-state index in [2.05, 4.69) is 10.4 Å². The number of methoxy groups -OCH3 is 1. The summed E-state index contributed by atoms with van der Waals surface area (Å²) in [4.78, 5) is 51.2. The summed E-state index contributed by atoms with van der Waals surface area (Å²) < 4.78 is 25.5. The van der Waals surface area contributed by atoms with Crippen molar-refractivity contribution in [2.24, 2.45) is 5.92 Å². The molecule has 38 heavy (non-hydrogen) atoms. The minimum Gasteiger partial charge on any atom is -0.497 e. The van der Waals surface area contributed by atoms with Gasteiger partial charge in [-0.1, -0.05) is 19.9 Å². The van der Waals surface area contributed by atoms with Gasteiger partial charge >= 0.3 is 11.9 Å². The highest BCUT2D eigenvalue weighted by molar-refractivity contribution is 6.00. The number of carbonyl (C=O) groups excluding carboxylic acids is 4. The summed E-state index contributed by atoms with van der Waals surface area (Å²) >= 11 is 0. The molecule has 0 fully saturated rings. The van der Waals surface area contributed by atoms with Crippen LogP contribution in [-0.2, 0) is 23.9 Å². The Morgan fingerprint density at radius 3 is 2.39 bits per heavy atom. The Morgan fingerprint density at radius 1 is 1.11 bits per heavy atom. The molecule has 11 nitrogen and oxygen atoms in total. The molecule has 0 aliphatic rings. The lowest BCUT2D eigenvalue weighted by molar-refractivity contribution is -0.149. The van der Waals surface area contributed by atoms with Gasteiger partial charge in [-0.15, -0.1) is 0 Å².